The summed E-state index contributed by atoms with van der Waals surface area (Å²) in [4.78, 5) is 41.6. The number of methoxy groups -OCH3 is 1. The van der Waals surface area contributed by atoms with Gasteiger partial charge in [-0.1, -0.05) is 0 Å². The maximum atomic E-state index is 13.8. The zero-order chi connectivity index (χ0) is 28.2. The molecule has 2 aliphatic rings. The van der Waals surface area contributed by atoms with E-state index in [1.165, 1.54) is 24.3 Å². The average Bonchev–Trinajstić information content (AvgIpc) is 3.32. The van der Waals surface area contributed by atoms with Gasteiger partial charge in [-0.25, -0.2) is 0 Å². The molecule has 0 bridgehead atoms. The van der Waals surface area contributed by atoms with Crippen LogP contribution in [0.25, 0.3) is 0 Å². The molecule has 1 aliphatic carbocycles. The van der Waals surface area contributed by atoms with Crippen molar-refractivity contribution in [1.82, 2.24) is 14.7 Å². The predicted octanol–water partition coefficient (Wildman–Crippen LogP) is 4.46. The molecule has 2 aromatic carbocycles. The summed E-state index contributed by atoms with van der Waals surface area (Å²) in [5.74, 6) is 1.48. The minimum Gasteiger partial charge on any atom is -0.497 e. The maximum absolute atomic E-state index is 13.8. The minimum absolute atomic E-state index is 0.0217. The Labute approximate surface area is 233 Å². The topological polar surface area (TPSA) is 111 Å². The third-order valence-corrected chi connectivity index (χ3v) is 8.08. The summed E-state index contributed by atoms with van der Waals surface area (Å²) in [6.07, 6.45) is 5.45. The quantitative estimate of drug-likeness (QED) is 0.222. The van der Waals surface area contributed by atoms with Crippen molar-refractivity contribution in [3.8, 4) is 5.75 Å². The molecule has 1 aliphatic heterocycles. The Balaban J connectivity index is 1.29. The molecule has 0 unspecified atom stereocenters. The molecular formula is C30H35N5O5. The van der Waals surface area contributed by atoms with E-state index in [0.29, 0.717) is 24.2 Å². The standard InChI is InChI=1S/C30H35N5O5/c1-32-29(26-5-3-4-6-27(26)31-32)34(30(37)23-7-11-24(12-8-23)35(38)39)20-19-33-17-15-22(16-18-33)28(36)21-9-13-25(40-2)14-10-21/h7-14,22H,3-6,15-20H2,1-2H3. The fourth-order valence-electron chi connectivity index (χ4n) is 5.84. The molecule has 0 spiro atoms. The van der Waals surface area contributed by atoms with Gasteiger partial charge in [-0.3, -0.25) is 29.3 Å². The van der Waals surface area contributed by atoms with Crippen LogP contribution in [0.4, 0.5) is 11.5 Å². The number of carbonyl (C=O) groups is 2. The lowest BCUT2D eigenvalue weighted by Crippen LogP contribution is -2.43. The van der Waals surface area contributed by atoms with Crippen LogP contribution in [-0.4, -0.2) is 64.6 Å². The SMILES string of the molecule is COc1ccc(C(=O)C2CCN(CCN(C(=O)c3ccc([N+](=O)[O-])cc3)c3c4c(nn3C)CCCC4)CC2)cc1. The second kappa shape index (κ2) is 12.0. The highest BCUT2D eigenvalue weighted by atomic mass is 16.6. The number of Topliss-reactive ketones (excluding diaryl/α,β-unsaturated/α-hetero) is 1. The maximum Gasteiger partial charge on any atom is 0.269 e. The van der Waals surface area contributed by atoms with E-state index in [1.54, 1.807) is 16.7 Å². The van der Waals surface area contributed by atoms with Crippen molar-refractivity contribution in [2.75, 3.05) is 38.2 Å². The molecule has 0 N–H and O–H groups in total. The highest BCUT2D eigenvalue weighted by Crippen LogP contribution is 2.31. The molecule has 40 heavy (non-hydrogen) atoms. The molecule has 0 atom stereocenters. The third kappa shape index (κ3) is 5.77. The monoisotopic (exact) mass is 545 g/mol. The molecule has 0 saturated carbocycles. The molecule has 10 nitrogen and oxygen atoms in total. The zero-order valence-corrected chi connectivity index (χ0v) is 23.0. The number of likely N-dealkylation sites (tertiary alicyclic amines) is 1. The van der Waals surface area contributed by atoms with Gasteiger partial charge in [0.2, 0.25) is 0 Å². The minimum atomic E-state index is -0.466. The number of hydrogen-bond donors (Lipinski definition) is 0. The highest BCUT2D eigenvalue weighted by Gasteiger charge is 2.30. The number of rotatable bonds is 9. The molecular weight excluding hydrogens is 510 g/mol. The largest absolute Gasteiger partial charge is 0.497 e. The molecule has 210 valence electrons. The van der Waals surface area contributed by atoms with Crippen LogP contribution in [0, 0.1) is 16.0 Å². The number of ketones is 1. The van der Waals surface area contributed by atoms with Gasteiger partial charge in [-0.15, -0.1) is 0 Å². The van der Waals surface area contributed by atoms with Gasteiger partial charge in [0.25, 0.3) is 11.6 Å². The number of nitro groups is 1. The molecule has 1 saturated heterocycles. The lowest BCUT2D eigenvalue weighted by Gasteiger charge is -2.33. The molecule has 2 heterocycles. The van der Waals surface area contributed by atoms with Crippen molar-refractivity contribution >= 4 is 23.2 Å². The summed E-state index contributed by atoms with van der Waals surface area (Å²) in [6, 6.07) is 13.1. The number of amides is 1. The van der Waals surface area contributed by atoms with E-state index in [9.17, 15) is 19.7 Å². The van der Waals surface area contributed by atoms with Crippen LogP contribution in [-0.2, 0) is 19.9 Å². The van der Waals surface area contributed by atoms with Gasteiger partial charge >= 0.3 is 0 Å². The van der Waals surface area contributed by atoms with E-state index in [2.05, 4.69) is 4.90 Å². The summed E-state index contributed by atoms with van der Waals surface area (Å²) in [6.45, 7) is 2.66. The van der Waals surface area contributed by atoms with Gasteiger partial charge in [-0.05, 0) is 88.0 Å². The Morgan fingerprint density at radius 1 is 1.02 bits per heavy atom. The summed E-state index contributed by atoms with van der Waals surface area (Å²) in [5.41, 5.74) is 3.23. The predicted molar refractivity (Wildman–Crippen MR) is 151 cm³/mol. The second-order valence-corrected chi connectivity index (χ2v) is 10.5. The summed E-state index contributed by atoms with van der Waals surface area (Å²) >= 11 is 0. The van der Waals surface area contributed by atoms with Crippen LogP contribution in [0.3, 0.4) is 0 Å². The number of nitrogens with zero attached hydrogens (tertiary/aromatic N) is 5. The van der Waals surface area contributed by atoms with Gasteiger partial charge < -0.3 is 9.64 Å². The van der Waals surface area contributed by atoms with Crippen molar-refractivity contribution in [2.24, 2.45) is 13.0 Å². The highest BCUT2D eigenvalue weighted by molar-refractivity contribution is 6.06. The van der Waals surface area contributed by atoms with E-state index in [1.807, 2.05) is 31.3 Å². The molecule has 1 amide bonds. The Bertz CT molecular complexity index is 1370. The number of aryl methyl sites for hydroxylation is 2. The van der Waals surface area contributed by atoms with Gasteiger partial charge in [0.05, 0.1) is 17.7 Å². The smallest absolute Gasteiger partial charge is 0.269 e. The van der Waals surface area contributed by atoms with Crippen LogP contribution in [0.1, 0.15) is 57.7 Å². The first-order valence-electron chi connectivity index (χ1n) is 13.9. The summed E-state index contributed by atoms with van der Waals surface area (Å²) < 4.78 is 7.01. The molecule has 5 rings (SSSR count). The van der Waals surface area contributed by atoms with E-state index in [-0.39, 0.29) is 23.3 Å². The van der Waals surface area contributed by atoms with E-state index in [0.717, 1.165) is 74.4 Å². The molecule has 1 aromatic heterocycles. The van der Waals surface area contributed by atoms with Crippen molar-refractivity contribution in [3.05, 3.63) is 81.0 Å². The number of ether oxygens (including phenoxy) is 1. The first kappa shape index (κ1) is 27.5. The number of aromatic nitrogens is 2. The van der Waals surface area contributed by atoms with E-state index < -0.39 is 4.92 Å². The van der Waals surface area contributed by atoms with E-state index >= 15 is 0 Å². The van der Waals surface area contributed by atoms with Crippen molar-refractivity contribution < 1.29 is 19.2 Å². The first-order valence-corrected chi connectivity index (χ1v) is 13.9. The lowest BCUT2D eigenvalue weighted by molar-refractivity contribution is -0.384. The number of piperidine rings is 1. The number of anilines is 1. The Kier molecular flexibility index (Phi) is 8.25. The second-order valence-electron chi connectivity index (χ2n) is 10.5. The number of nitro benzene ring substituents is 1. The van der Waals surface area contributed by atoms with E-state index in [4.69, 9.17) is 9.84 Å². The number of hydrogen-bond acceptors (Lipinski definition) is 7. The van der Waals surface area contributed by atoms with Gasteiger partial charge in [0, 0.05) is 54.9 Å². The van der Waals surface area contributed by atoms with Crippen LogP contribution >= 0.6 is 0 Å². The van der Waals surface area contributed by atoms with Crippen LogP contribution < -0.4 is 9.64 Å². The Hall–Kier alpha value is -4.05. The van der Waals surface area contributed by atoms with Crippen molar-refractivity contribution in [3.63, 3.8) is 0 Å². The Morgan fingerprint density at radius 2 is 1.68 bits per heavy atom. The molecule has 0 radical (unpaired) electrons. The Morgan fingerprint density at radius 3 is 2.33 bits per heavy atom. The summed E-state index contributed by atoms with van der Waals surface area (Å²) in [7, 11) is 3.48. The fourth-order valence-corrected chi connectivity index (χ4v) is 5.84. The van der Waals surface area contributed by atoms with Crippen molar-refractivity contribution in [1.29, 1.82) is 0 Å². The number of benzene rings is 2. The van der Waals surface area contributed by atoms with Gasteiger partial charge in [-0.2, -0.15) is 5.10 Å². The van der Waals surface area contributed by atoms with Crippen LogP contribution in [0.2, 0.25) is 0 Å². The average molecular weight is 546 g/mol. The third-order valence-electron chi connectivity index (χ3n) is 8.08. The van der Waals surface area contributed by atoms with Crippen LogP contribution in [0.5, 0.6) is 5.75 Å². The molecule has 1 fully saturated rings. The fraction of sp³-hybridized carbons (Fsp3) is 0.433. The number of fused-ring (bicyclic) bond motifs is 1. The summed E-state index contributed by atoms with van der Waals surface area (Å²) in [5, 5.41) is 15.8. The van der Waals surface area contributed by atoms with Crippen LogP contribution in [0.15, 0.2) is 48.5 Å². The first-order chi connectivity index (χ1) is 19.4. The normalized spacial score (nSPS) is 15.8. The zero-order valence-electron chi connectivity index (χ0n) is 23.0. The number of non-ortho nitro benzene ring substituents is 1. The molecule has 3 aromatic rings. The van der Waals surface area contributed by atoms with Gasteiger partial charge in [0.15, 0.2) is 5.78 Å². The lowest BCUT2D eigenvalue weighted by atomic mass is 9.89. The van der Waals surface area contributed by atoms with Gasteiger partial charge in [0.1, 0.15) is 11.6 Å². The molecule has 10 heteroatoms. The van der Waals surface area contributed by atoms with Crippen molar-refractivity contribution in [2.45, 2.75) is 38.5 Å². The number of carbonyl (C=O) groups excluding carboxylic acids is 2.